The molecule has 35 heavy (non-hydrogen) atoms. The average Bonchev–Trinajstić information content (AvgIpc) is 2.83. The maximum atomic E-state index is 14.8. The minimum absolute atomic E-state index is 0.00622. The Morgan fingerprint density at radius 2 is 1.94 bits per heavy atom. The topological polar surface area (TPSA) is 85.7 Å². The number of ether oxygens (including phenoxy) is 3. The number of aliphatic hydroxyl groups is 1. The molecule has 0 saturated heterocycles. The SMILES string of the molecule is CCCOCC(C)Oc1cc2c(NCc3cccc(C(F)(F)CO)c3F)nc(C)nc2cc1OC. The number of alkyl halides is 2. The minimum Gasteiger partial charge on any atom is -0.493 e. The number of anilines is 1. The molecule has 3 rings (SSSR count). The van der Waals surface area contributed by atoms with Gasteiger partial charge >= 0.3 is 0 Å². The lowest BCUT2D eigenvalue weighted by Gasteiger charge is -2.19. The summed E-state index contributed by atoms with van der Waals surface area (Å²) in [5, 5.41) is 12.5. The molecular weight excluding hydrogens is 463 g/mol. The molecule has 0 aliphatic rings. The molecule has 0 bridgehead atoms. The summed E-state index contributed by atoms with van der Waals surface area (Å²) in [7, 11) is 1.53. The van der Waals surface area contributed by atoms with Crippen molar-refractivity contribution < 1.29 is 32.5 Å². The zero-order valence-electron chi connectivity index (χ0n) is 20.2. The zero-order chi connectivity index (χ0) is 25.6. The Morgan fingerprint density at radius 3 is 2.63 bits per heavy atom. The number of halogens is 3. The van der Waals surface area contributed by atoms with Gasteiger partial charge in [-0.25, -0.2) is 14.4 Å². The highest BCUT2D eigenvalue weighted by atomic mass is 19.3. The Bertz CT molecular complexity index is 1160. The van der Waals surface area contributed by atoms with Crippen LogP contribution in [0.4, 0.5) is 19.0 Å². The molecule has 1 atom stereocenters. The minimum atomic E-state index is -3.68. The fraction of sp³-hybridized carbons (Fsp3) is 0.440. The van der Waals surface area contributed by atoms with E-state index in [4.69, 9.17) is 19.3 Å². The predicted octanol–water partition coefficient (Wildman–Crippen LogP) is 4.98. The molecule has 0 aliphatic heterocycles. The number of aliphatic hydroxyl groups excluding tert-OH is 1. The number of hydrogen-bond donors (Lipinski definition) is 2. The molecule has 0 saturated carbocycles. The van der Waals surface area contributed by atoms with Crippen molar-refractivity contribution in [3.63, 3.8) is 0 Å². The summed E-state index contributed by atoms with van der Waals surface area (Å²) >= 11 is 0. The van der Waals surface area contributed by atoms with Gasteiger partial charge in [-0.15, -0.1) is 0 Å². The van der Waals surface area contributed by atoms with Crippen LogP contribution in [0.3, 0.4) is 0 Å². The maximum Gasteiger partial charge on any atom is 0.298 e. The van der Waals surface area contributed by atoms with Gasteiger partial charge in [0.25, 0.3) is 5.92 Å². The summed E-state index contributed by atoms with van der Waals surface area (Å²) < 4.78 is 59.6. The second-order valence-corrected chi connectivity index (χ2v) is 8.14. The predicted molar refractivity (Wildman–Crippen MR) is 127 cm³/mol. The van der Waals surface area contributed by atoms with E-state index in [9.17, 15) is 13.2 Å². The van der Waals surface area contributed by atoms with Crippen molar-refractivity contribution >= 4 is 16.7 Å². The summed E-state index contributed by atoms with van der Waals surface area (Å²) in [6.07, 6.45) is 0.652. The Balaban J connectivity index is 1.92. The highest BCUT2D eigenvalue weighted by Gasteiger charge is 2.34. The molecule has 1 heterocycles. The van der Waals surface area contributed by atoms with Gasteiger partial charge in [0.15, 0.2) is 11.5 Å². The zero-order valence-corrected chi connectivity index (χ0v) is 20.2. The Hall–Kier alpha value is -3.11. The fourth-order valence-corrected chi connectivity index (χ4v) is 3.55. The summed E-state index contributed by atoms with van der Waals surface area (Å²) in [6.45, 7) is 5.04. The van der Waals surface area contributed by atoms with Gasteiger partial charge < -0.3 is 24.6 Å². The van der Waals surface area contributed by atoms with Crippen LogP contribution in [0.15, 0.2) is 30.3 Å². The van der Waals surface area contributed by atoms with Crippen molar-refractivity contribution in [1.29, 1.82) is 0 Å². The van der Waals surface area contributed by atoms with Gasteiger partial charge in [-0.2, -0.15) is 8.78 Å². The number of hydrogen-bond acceptors (Lipinski definition) is 7. The van der Waals surface area contributed by atoms with Crippen LogP contribution in [0, 0.1) is 12.7 Å². The second-order valence-electron chi connectivity index (χ2n) is 8.14. The molecule has 10 heteroatoms. The number of rotatable bonds is 12. The Labute approximate surface area is 202 Å². The van der Waals surface area contributed by atoms with Gasteiger partial charge in [-0.05, 0) is 32.4 Å². The highest BCUT2D eigenvalue weighted by molar-refractivity contribution is 5.91. The second kappa shape index (κ2) is 11.5. The van der Waals surface area contributed by atoms with Crippen molar-refractivity contribution in [2.45, 2.75) is 45.8 Å². The monoisotopic (exact) mass is 493 g/mol. The number of benzene rings is 2. The van der Waals surface area contributed by atoms with E-state index in [0.717, 1.165) is 12.5 Å². The van der Waals surface area contributed by atoms with E-state index < -0.39 is 23.9 Å². The Kier molecular flexibility index (Phi) is 8.74. The molecule has 1 unspecified atom stereocenters. The van der Waals surface area contributed by atoms with E-state index >= 15 is 0 Å². The van der Waals surface area contributed by atoms with Gasteiger partial charge in [0.2, 0.25) is 0 Å². The van der Waals surface area contributed by atoms with Crippen LogP contribution in [0.1, 0.15) is 37.2 Å². The first-order valence-electron chi connectivity index (χ1n) is 11.3. The summed E-state index contributed by atoms with van der Waals surface area (Å²) in [5.41, 5.74) is -0.283. The van der Waals surface area contributed by atoms with Crippen molar-refractivity contribution in [3.8, 4) is 11.5 Å². The van der Waals surface area contributed by atoms with E-state index in [1.54, 1.807) is 19.1 Å². The van der Waals surface area contributed by atoms with E-state index in [1.165, 1.54) is 19.2 Å². The van der Waals surface area contributed by atoms with Gasteiger partial charge in [-0.1, -0.05) is 19.1 Å². The van der Waals surface area contributed by atoms with Crippen molar-refractivity contribution in [3.05, 3.63) is 53.1 Å². The van der Waals surface area contributed by atoms with E-state index in [2.05, 4.69) is 15.3 Å². The van der Waals surface area contributed by atoms with Gasteiger partial charge in [-0.3, -0.25) is 0 Å². The molecule has 0 aliphatic carbocycles. The lowest BCUT2D eigenvalue weighted by atomic mass is 10.0. The molecule has 2 aromatic carbocycles. The average molecular weight is 494 g/mol. The van der Waals surface area contributed by atoms with Crippen LogP contribution in [-0.2, 0) is 17.2 Å². The number of aromatic nitrogens is 2. The molecule has 3 aromatic rings. The van der Waals surface area contributed by atoms with E-state index in [-0.39, 0.29) is 18.2 Å². The van der Waals surface area contributed by atoms with Crippen LogP contribution < -0.4 is 14.8 Å². The van der Waals surface area contributed by atoms with E-state index in [1.807, 2.05) is 13.8 Å². The highest BCUT2D eigenvalue weighted by Crippen LogP contribution is 2.35. The third kappa shape index (κ3) is 6.32. The van der Waals surface area contributed by atoms with Gasteiger partial charge in [0.1, 0.15) is 30.2 Å². The molecular formula is C25H30F3N3O4. The first-order chi connectivity index (χ1) is 16.7. The van der Waals surface area contributed by atoms with Gasteiger partial charge in [0.05, 0.1) is 24.8 Å². The van der Waals surface area contributed by atoms with Crippen molar-refractivity contribution in [2.24, 2.45) is 0 Å². The first kappa shape index (κ1) is 26.5. The molecule has 0 radical (unpaired) electrons. The van der Waals surface area contributed by atoms with Crippen molar-refractivity contribution in [2.75, 3.05) is 32.2 Å². The van der Waals surface area contributed by atoms with Crippen LogP contribution in [-0.4, -0.2) is 48.1 Å². The normalized spacial score (nSPS) is 12.6. The number of fused-ring (bicyclic) bond motifs is 1. The molecule has 1 aromatic heterocycles. The molecule has 190 valence electrons. The number of aryl methyl sites for hydroxylation is 1. The quantitative estimate of drug-likeness (QED) is 0.344. The lowest BCUT2D eigenvalue weighted by Crippen LogP contribution is -2.21. The maximum absolute atomic E-state index is 14.8. The van der Waals surface area contributed by atoms with Crippen LogP contribution in [0.5, 0.6) is 11.5 Å². The smallest absolute Gasteiger partial charge is 0.298 e. The van der Waals surface area contributed by atoms with Crippen LogP contribution in [0.2, 0.25) is 0 Å². The number of methoxy groups -OCH3 is 1. The Morgan fingerprint density at radius 1 is 1.17 bits per heavy atom. The van der Waals surface area contributed by atoms with Crippen molar-refractivity contribution in [1.82, 2.24) is 9.97 Å². The fourth-order valence-electron chi connectivity index (χ4n) is 3.55. The van der Waals surface area contributed by atoms with Gasteiger partial charge in [0, 0.05) is 30.2 Å². The van der Waals surface area contributed by atoms with E-state index in [0.29, 0.717) is 47.3 Å². The molecule has 0 spiro atoms. The molecule has 0 fully saturated rings. The number of nitrogens with one attached hydrogen (secondary N) is 1. The largest absolute Gasteiger partial charge is 0.493 e. The number of nitrogens with zero attached hydrogens (tertiary/aromatic N) is 2. The molecule has 7 nitrogen and oxygen atoms in total. The van der Waals surface area contributed by atoms with Crippen LogP contribution >= 0.6 is 0 Å². The summed E-state index contributed by atoms with van der Waals surface area (Å²) in [4.78, 5) is 8.86. The molecule has 0 amide bonds. The third-order valence-corrected chi connectivity index (χ3v) is 5.24. The summed E-state index contributed by atoms with van der Waals surface area (Å²) in [6, 6.07) is 7.11. The standard InChI is InChI=1S/C25H30F3N3O4/c1-5-9-34-13-15(2)35-22-10-18-20(11-21(22)33-4)30-16(3)31-24(18)29-12-17-7-6-8-19(23(17)26)25(27,28)14-32/h6-8,10-11,15,32H,5,9,12-14H2,1-4H3,(H,29,30,31). The summed E-state index contributed by atoms with van der Waals surface area (Å²) in [5.74, 6) is -2.99. The third-order valence-electron chi connectivity index (χ3n) is 5.24. The van der Waals surface area contributed by atoms with Crippen LogP contribution in [0.25, 0.3) is 10.9 Å². The lowest BCUT2D eigenvalue weighted by molar-refractivity contribution is -0.0583. The molecule has 2 N–H and O–H groups in total. The first-order valence-corrected chi connectivity index (χ1v) is 11.3.